The summed E-state index contributed by atoms with van der Waals surface area (Å²) >= 11 is 6.46. The fourth-order valence-corrected chi connectivity index (χ4v) is 4.85. The van der Waals surface area contributed by atoms with Crippen molar-refractivity contribution in [2.24, 2.45) is 5.92 Å². The molecule has 2 aromatic rings. The van der Waals surface area contributed by atoms with Crippen LogP contribution in [0.4, 0.5) is 10.5 Å². The van der Waals surface area contributed by atoms with Gasteiger partial charge in [-0.3, -0.25) is 9.59 Å². The number of halogens is 1. The fraction of sp³-hybridized carbons (Fsp3) is 0.531. The minimum absolute atomic E-state index is 0.363. The molecule has 0 saturated carbocycles. The zero-order valence-corrected chi connectivity index (χ0v) is 26.6. The normalized spacial score (nSPS) is 13.8. The second-order valence-electron chi connectivity index (χ2n) is 12.1. The van der Waals surface area contributed by atoms with Crippen molar-refractivity contribution in [2.75, 3.05) is 11.9 Å². The maximum absolute atomic E-state index is 14.3. The Bertz CT molecular complexity index is 1200. The molecule has 0 spiro atoms. The van der Waals surface area contributed by atoms with E-state index in [1.807, 2.05) is 52.0 Å². The molecule has 3 atom stereocenters. The van der Waals surface area contributed by atoms with Gasteiger partial charge in [0, 0.05) is 6.04 Å². The molecule has 2 aromatic carbocycles. The van der Waals surface area contributed by atoms with Crippen LogP contribution in [0.5, 0.6) is 0 Å². The number of alkyl carbamates (subject to hydrolysis) is 1. The molecule has 0 aliphatic heterocycles. The number of aliphatic hydroxyl groups excluding tert-OH is 1. The van der Waals surface area contributed by atoms with E-state index in [9.17, 15) is 19.5 Å². The van der Waals surface area contributed by atoms with Gasteiger partial charge in [-0.25, -0.2) is 4.79 Å². The molecule has 0 aromatic heterocycles. The molecule has 8 nitrogen and oxygen atoms in total. The summed E-state index contributed by atoms with van der Waals surface area (Å²) in [7, 11) is 0. The molecular formula is C32H46ClN3O5. The van der Waals surface area contributed by atoms with Crippen LogP contribution in [0, 0.1) is 26.7 Å². The molecule has 0 saturated heterocycles. The Balaban J connectivity index is 2.67. The van der Waals surface area contributed by atoms with E-state index in [0.717, 1.165) is 23.1 Å². The van der Waals surface area contributed by atoms with Crippen molar-refractivity contribution in [2.45, 2.75) is 98.9 Å². The van der Waals surface area contributed by atoms with E-state index in [1.54, 1.807) is 32.9 Å². The average Bonchev–Trinajstić information content (AvgIpc) is 2.86. The van der Waals surface area contributed by atoms with Gasteiger partial charge in [-0.15, -0.1) is 0 Å². The lowest BCUT2D eigenvalue weighted by atomic mass is 9.93. The van der Waals surface area contributed by atoms with Crippen LogP contribution in [0.3, 0.4) is 0 Å². The summed E-state index contributed by atoms with van der Waals surface area (Å²) in [5.41, 5.74) is 2.82. The minimum Gasteiger partial charge on any atom is -0.444 e. The predicted molar refractivity (Wildman–Crippen MR) is 164 cm³/mol. The number of anilines is 1. The Morgan fingerprint density at radius 1 is 1.00 bits per heavy atom. The number of ether oxygens (including phenoxy) is 1. The summed E-state index contributed by atoms with van der Waals surface area (Å²) in [5, 5.41) is 16.1. The summed E-state index contributed by atoms with van der Waals surface area (Å²) in [5.74, 6) is -0.679. The maximum atomic E-state index is 14.3. The van der Waals surface area contributed by atoms with Gasteiger partial charge < -0.3 is 25.4 Å². The summed E-state index contributed by atoms with van der Waals surface area (Å²) in [6.45, 7) is 16.2. The van der Waals surface area contributed by atoms with Gasteiger partial charge in [0.15, 0.2) is 0 Å². The number of hydrogen-bond acceptors (Lipinski definition) is 5. The molecule has 3 N–H and O–H groups in total. The lowest BCUT2D eigenvalue weighted by molar-refractivity contribution is -0.144. The molecule has 226 valence electrons. The second-order valence-corrected chi connectivity index (χ2v) is 12.5. The van der Waals surface area contributed by atoms with Crippen LogP contribution in [0.15, 0.2) is 36.4 Å². The molecule has 3 amide bonds. The molecule has 41 heavy (non-hydrogen) atoms. The van der Waals surface area contributed by atoms with Gasteiger partial charge in [-0.1, -0.05) is 61.3 Å². The van der Waals surface area contributed by atoms with Crippen LogP contribution in [0.2, 0.25) is 5.02 Å². The molecule has 0 radical (unpaired) electrons. The van der Waals surface area contributed by atoms with Crippen molar-refractivity contribution in [1.82, 2.24) is 10.2 Å². The minimum atomic E-state index is -1.33. The summed E-state index contributed by atoms with van der Waals surface area (Å²) < 4.78 is 5.35. The number of carbonyl (C=O) groups is 3. The van der Waals surface area contributed by atoms with Crippen molar-refractivity contribution >= 4 is 35.2 Å². The zero-order valence-electron chi connectivity index (χ0n) is 25.8. The van der Waals surface area contributed by atoms with Gasteiger partial charge in [0.05, 0.1) is 17.3 Å². The summed E-state index contributed by atoms with van der Waals surface area (Å²) in [4.78, 5) is 42.6. The molecule has 0 heterocycles. The van der Waals surface area contributed by atoms with E-state index in [4.69, 9.17) is 16.3 Å². The Hall–Kier alpha value is -3.10. The van der Waals surface area contributed by atoms with Crippen LogP contribution in [-0.4, -0.2) is 52.2 Å². The third-order valence-corrected chi connectivity index (χ3v) is 7.10. The highest BCUT2D eigenvalue weighted by atomic mass is 35.5. The predicted octanol–water partition coefficient (Wildman–Crippen LogP) is 6.48. The molecule has 9 heteroatoms. The van der Waals surface area contributed by atoms with Crippen molar-refractivity contribution in [3.63, 3.8) is 0 Å². The second kappa shape index (κ2) is 14.7. The van der Waals surface area contributed by atoms with Crippen LogP contribution in [0.1, 0.15) is 82.7 Å². The first-order valence-corrected chi connectivity index (χ1v) is 14.5. The number of amides is 3. The number of nitrogens with one attached hydrogen (secondary N) is 2. The molecule has 0 bridgehead atoms. The van der Waals surface area contributed by atoms with E-state index in [1.165, 1.54) is 4.90 Å². The highest BCUT2D eigenvalue weighted by Crippen LogP contribution is 2.33. The van der Waals surface area contributed by atoms with E-state index < -0.39 is 48.2 Å². The molecule has 0 aliphatic rings. The molecule has 2 rings (SSSR count). The Morgan fingerprint density at radius 2 is 1.66 bits per heavy atom. The molecule has 0 aliphatic carbocycles. The highest BCUT2D eigenvalue weighted by Gasteiger charge is 2.39. The highest BCUT2D eigenvalue weighted by molar-refractivity contribution is 6.34. The topological polar surface area (TPSA) is 108 Å². The monoisotopic (exact) mass is 587 g/mol. The van der Waals surface area contributed by atoms with E-state index >= 15 is 0 Å². The summed E-state index contributed by atoms with van der Waals surface area (Å²) in [6, 6.07) is 8.27. The standard InChI is InChI=1S/C32H46ClN3O5/c1-19(2)13-16-23(6)36(30(39)26(18-37)34-31(40)41-32(7,8)9)28(24-17-20(3)14-15-21(24)4)29(38)35-27-22(5)11-10-12-25(27)33/h10-12,14-15,17,19,23,26,28,37H,13,16,18H2,1-9H3,(H,34,40)(H,35,38). The Labute approximate surface area is 249 Å². The van der Waals surface area contributed by atoms with Crippen LogP contribution >= 0.6 is 11.6 Å². The van der Waals surface area contributed by atoms with E-state index in [0.29, 0.717) is 28.6 Å². The molecule has 3 unspecified atom stereocenters. The number of nitrogens with zero attached hydrogens (tertiary/aromatic N) is 1. The zero-order chi connectivity index (χ0) is 31.1. The third-order valence-electron chi connectivity index (χ3n) is 6.79. The first kappa shape index (κ1) is 34.1. The fourth-order valence-electron chi connectivity index (χ4n) is 4.58. The van der Waals surface area contributed by atoms with Crippen molar-refractivity contribution in [1.29, 1.82) is 0 Å². The van der Waals surface area contributed by atoms with Gasteiger partial charge in [0.2, 0.25) is 5.91 Å². The largest absolute Gasteiger partial charge is 0.444 e. The van der Waals surface area contributed by atoms with Crippen molar-refractivity contribution in [3.8, 4) is 0 Å². The number of aryl methyl sites for hydroxylation is 3. The first-order chi connectivity index (χ1) is 19.0. The van der Waals surface area contributed by atoms with Crippen molar-refractivity contribution in [3.05, 3.63) is 63.7 Å². The average molecular weight is 588 g/mol. The number of aliphatic hydroxyl groups is 1. The number of carbonyl (C=O) groups excluding carboxylic acids is 3. The Morgan fingerprint density at radius 3 is 2.22 bits per heavy atom. The number of benzene rings is 2. The van der Waals surface area contributed by atoms with Gasteiger partial charge >= 0.3 is 6.09 Å². The number of rotatable bonds is 11. The van der Waals surface area contributed by atoms with E-state index in [2.05, 4.69) is 24.5 Å². The lowest BCUT2D eigenvalue weighted by Gasteiger charge is -2.39. The van der Waals surface area contributed by atoms with Gasteiger partial charge in [-0.2, -0.15) is 0 Å². The summed E-state index contributed by atoms with van der Waals surface area (Å²) in [6.07, 6.45) is 0.575. The van der Waals surface area contributed by atoms with Gasteiger partial charge in [0.1, 0.15) is 17.7 Å². The quantitative estimate of drug-likeness (QED) is 0.279. The van der Waals surface area contributed by atoms with Crippen LogP contribution < -0.4 is 10.6 Å². The SMILES string of the molecule is Cc1ccc(C)c(C(C(=O)Nc2c(C)cccc2Cl)N(C(=O)C(CO)NC(=O)OC(C)(C)C)C(C)CCC(C)C)c1. The van der Waals surface area contributed by atoms with E-state index in [-0.39, 0.29) is 0 Å². The Kier molecular flexibility index (Phi) is 12.2. The number of para-hydroxylation sites is 1. The smallest absolute Gasteiger partial charge is 0.408 e. The van der Waals surface area contributed by atoms with Crippen LogP contribution in [0.25, 0.3) is 0 Å². The number of hydrogen-bond donors (Lipinski definition) is 3. The van der Waals surface area contributed by atoms with Gasteiger partial charge in [-0.05, 0) is 90.0 Å². The van der Waals surface area contributed by atoms with Crippen molar-refractivity contribution < 1.29 is 24.2 Å². The lowest BCUT2D eigenvalue weighted by Crippen LogP contribution is -2.56. The molecular weight excluding hydrogens is 542 g/mol. The first-order valence-electron chi connectivity index (χ1n) is 14.1. The molecule has 0 fully saturated rings. The maximum Gasteiger partial charge on any atom is 0.408 e. The van der Waals surface area contributed by atoms with Gasteiger partial charge in [0.25, 0.3) is 5.91 Å². The third kappa shape index (κ3) is 9.75. The van der Waals surface area contributed by atoms with Crippen LogP contribution in [-0.2, 0) is 14.3 Å².